The fraction of sp³-hybridized carbons (Fsp3) is 0.214. The van der Waals surface area contributed by atoms with Gasteiger partial charge in [-0.2, -0.15) is 0 Å². The van der Waals surface area contributed by atoms with E-state index >= 15 is 0 Å². The Morgan fingerprint density at radius 3 is 3.00 bits per heavy atom. The van der Waals surface area contributed by atoms with Crippen LogP contribution in [0.4, 0.5) is 5.69 Å². The van der Waals surface area contributed by atoms with Crippen LogP contribution in [-0.4, -0.2) is 18.8 Å². The van der Waals surface area contributed by atoms with Gasteiger partial charge in [-0.15, -0.1) is 0 Å². The highest BCUT2D eigenvalue weighted by atomic mass is 16.7. The van der Waals surface area contributed by atoms with Crippen molar-refractivity contribution in [1.82, 2.24) is 4.98 Å². The predicted molar refractivity (Wildman–Crippen MR) is 70.7 cm³/mol. The molecule has 1 aromatic heterocycles. The van der Waals surface area contributed by atoms with E-state index in [9.17, 15) is 0 Å². The molecule has 0 bridgehead atoms. The van der Waals surface area contributed by atoms with Gasteiger partial charge in [0, 0.05) is 13.1 Å². The lowest BCUT2D eigenvalue weighted by Gasteiger charge is -2.08. The zero-order chi connectivity index (χ0) is 13.1. The number of rotatable bonds is 4. The molecule has 0 amide bonds. The van der Waals surface area contributed by atoms with Gasteiger partial charge in [0.05, 0.1) is 18.1 Å². The van der Waals surface area contributed by atoms with Crippen LogP contribution in [-0.2, 0) is 6.61 Å². The van der Waals surface area contributed by atoms with E-state index in [4.69, 9.17) is 14.2 Å². The minimum Gasteiger partial charge on any atom is -0.487 e. The Kier molecular flexibility index (Phi) is 3.10. The Balaban J connectivity index is 1.68. The molecule has 1 aromatic carbocycles. The monoisotopic (exact) mass is 258 g/mol. The van der Waals surface area contributed by atoms with Crippen molar-refractivity contribution < 1.29 is 14.2 Å². The first kappa shape index (κ1) is 11.6. The predicted octanol–water partition coefficient (Wildman–Crippen LogP) is 2.43. The first-order valence-corrected chi connectivity index (χ1v) is 5.99. The van der Waals surface area contributed by atoms with Crippen molar-refractivity contribution in [3.05, 3.63) is 42.2 Å². The molecule has 98 valence electrons. The molecule has 1 N–H and O–H groups in total. The van der Waals surface area contributed by atoms with Gasteiger partial charge in [0.25, 0.3) is 0 Å². The molecular formula is C14H14N2O3. The highest BCUT2D eigenvalue weighted by Gasteiger charge is 2.13. The van der Waals surface area contributed by atoms with E-state index in [0.29, 0.717) is 6.61 Å². The lowest BCUT2D eigenvalue weighted by Crippen LogP contribution is -1.97. The number of anilines is 1. The minimum absolute atomic E-state index is 0.285. The second-order valence-corrected chi connectivity index (χ2v) is 4.14. The highest BCUT2D eigenvalue weighted by Crippen LogP contribution is 2.32. The van der Waals surface area contributed by atoms with Crippen LogP contribution >= 0.6 is 0 Å². The third-order valence-corrected chi connectivity index (χ3v) is 2.84. The van der Waals surface area contributed by atoms with Gasteiger partial charge >= 0.3 is 0 Å². The normalized spacial score (nSPS) is 12.3. The molecule has 1 aliphatic heterocycles. The quantitative estimate of drug-likeness (QED) is 0.912. The fourth-order valence-corrected chi connectivity index (χ4v) is 1.83. The molecule has 19 heavy (non-hydrogen) atoms. The SMILES string of the molecule is CNc1cncc(OCc2ccc3c(c2)OCO3)c1. The van der Waals surface area contributed by atoms with Crippen molar-refractivity contribution in [1.29, 1.82) is 0 Å². The number of nitrogens with one attached hydrogen (secondary N) is 1. The van der Waals surface area contributed by atoms with E-state index < -0.39 is 0 Å². The number of benzene rings is 1. The lowest BCUT2D eigenvalue weighted by molar-refractivity contribution is 0.174. The smallest absolute Gasteiger partial charge is 0.231 e. The minimum atomic E-state index is 0.285. The van der Waals surface area contributed by atoms with E-state index in [-0.39, 0.29) is 6.79 Å². The maximum Gasteiger partial charge on any atom is 0.231 e. The molecule has 0 atom stereocenters. The second-order valence-electron chi connectivity index (χ2n) is 4.14. The fourth-order valence-electron chi connectivity index (χ4n) is 1.83. The van der Waals surface area contributed by atoms with Gasteiger partial charge in [0.1, 0.15) is 12.4 Å². The molecule has 0 radical (unpaired) electrons. The Morgan fingerprint density at radius 2 is 2.11 bits per heavy atom. The van der Waals surface area contributed by atoms with Gasteiger partial charge in [0.2, 0.25) is 6.79 Å². The summed E-state index contributed by atoms with van der Waals surface area (Å²) < 4.78 is 16.3. The summed E-state index contributed by atoms with van der Waals surface area (Å²) in [7, 11) is 1.85. The number of fused-ring (bicyclic) bond motifs is 1. The maximum atomic E-state index is 5.70. The molecule has 0 saturated heterocycles. The Labute approximate surface area is 111 Å². The van der Waals surface area contributed by atoms with Crippen molar-refractivity contribution in [3.63, 3.8) is 0 Å². The zero-order valence-corrected chi connectivity index (χ0v) is 10.6. The average Bonchev–Trinajstić information content (AvgIpc) is 2.93. The van der Waals surface area contributed by atoms with Crippen LogP contribution in [0.25, 0.3) is 0 Å². The van der Waals surface area contributed by atoms with Crippen molar-refractivity contribution in [2.24, 2.45) is 0 Å². The van der Waals surface area contributed by atoms with Crippen molar-refractivity contribution >= 4 is 5.69 Å². The summed E-state index contributed by atoms with van der Waals surface area (Å²) in [6.45, 7) is 0.749. The van der Waals surface area contributed by atoms with E-state index in [1.54, 1.807) is 12.4 Å². The van der Waals surface area contributed by atoms with Crippen molar-refractivity contribution in [3.8, 4) is 17.2 Å². The topological polar surface area (TPSA) is 52.6 Å². The van der Waals surface area contributed by atoms with Gasteiger partial charge in [-0.3, -0.25) is 4.98 Å². The lowest BCUT2D eigenvalue weighted by atomic mass is 10.2. The zero-order valence-electron chi connectivity index (χ0n) is 10.6. The van der Waals surface area contributed by atoms with E-state index in [1.807, 2.05) is 31.3 Å². The van der Waals surface area contributed by atoms with Gasteiger partial charge in [-0.05, 0) is 17.7 Å². The first-order valence-electron chi connectivity index (χ1n) is 5.99. The number of ether oxygens (including phenoxy) is 3. The molecule has 2 heterocycles. The summed E-state index contributed by atoms with van der Waals surface area (Å²) in [5.74, 6) is 2.27. The van der Waals surface area contributed by atoms with Crippen LogP contribution in [0, 0.1) is 0 Å². The van der Waals surface area contributed by atoms with E-state index in [0.717, 1.165) is 28.5 Å². The van der Waals surface area contributed by atoms with Crippen LogP contribution < -0.4 is 19.5 Å². The average molecular weight is 258 g/mol. The Morgan fingerprint density at radius 1 is 1.21 bits per heavy atom. The molecule has 1 aliphatic rings. The number of nitrogens with zero attached hydrogens (tertiary/aromatic N) is 1. The van der Waals surface area contributed by atoms with Gasteiger partial charge in [0.15, 0.2) is 11.5 Å². The van der Waals surface area contributed by atoms with Crippen molar-refractivity contribution in [2.45, 2.75) is 6.61 Å². The molecule has 2 aromatic rings. The van der Waals surface area contributed by atoms with Gasteiger partial charge < -0.3 is 19.5 Å². The standard InChI is InChI=1S/C14H14N2O3/c1-15-11-5-12(7-16-6-11)17-8-10-2-3-13-14(4-10)19-9-18-13/h2-7,15H,8-9H2,1H3. The van der Waals surface area contributed by atoms with Crippen LogP contribution in [0.2, 0.25) is 0 Å². The summed E-state index contributed by atoms with van der Waals surface area (Å²) in [6, 6.07) is 7.68. The van der Waals surface area contributed by atoms with Gasteiger partial charge in [-0.25, -0.2) is 0 Å². The molecule has 0 saturated carbocycles. The Hall–Kier alpha value is -2.43. The highest BCUT2D eigenvalue weighted by molar-refractivity contribution is 5.45. The van der Waals surface area contributed by atoms with Crippen LogP contribution in [0.15, 0.2) is 36.7 Å². The second kappa shape index (κ2) is 5.06. The van der Waals surface area contributed by atoms with Crippen LogP contribution in [0.3, 0.4) is 0 Å². The largest absolute Gasteiger partial charge is 0.487 e. The molecule has 0 unspecified atom stereocenters. The molecule has 3 rings (SSSR count). The molecule has 0 aliphatic carbocycles. The molecule has 5 heteroatoms. The third kappa shape index (κ3) is 2.54. The summed E-state index contributed by atoms with van der Waals surface area (Å²) in [6.07, 6.45) is 3.43. The third-order valence-electron chi connectivity index (χ3n) is 2.84. The van der Waals surface area contributed by atoms with Crippen molar-refractivity contribution in [2.75, 3.05) is 19.2 Å². The maximum absolute atomic E-state index is 5.70. The number of pyridine rings is 1. The summed E-state index contributed by atoms with van der Waals surface area (Å²) in [4.78, 5) is 4.09. The summed E-state index contributed by atoms with van der Waals surface area (Å²) >= 11 is 0. The summed E-state index contributed by atoms with van der Waals surface area (Å²) in [5.41, 5.74) is 1.95. The van der Waals surface area contributed by atoms with E-state index in [2.05, 4.69) is 10.3 Å². The first-order chi connectivity index (χ1) is 9.35. The molecule has 0 fully saturated rings. The van der Waals surface area contributed by atoms with Gasteiger partial charge in [-0.1, -0.05) is 6.07 Å². The Bertz CT molecular complexity index is 587. The number of hydrogen-bond donors (Lipinski definition) is 1. The number of aromatic nitrogens is 1. The van der Waals surface area contributed by atoms with Crippen LogP contribution in [0.5, 0.6) is 17.2 Å². The van der Waals surface area contributed by atoms with Crippen LogP contribution in [0.1, 0.15) is 5.56 Å². The molecular weight excluding hydrogens is 244 g/mol. The molecule has 5 nitrogen and oxygen atoms in total. The van der Waals surface area contributed by atoms with E-state index in [1.165, 1.54) is 0 Å². The number of hydrogen-bond acceptors (Lipinski definition) is 5. The summed E-state index contributed by atoms with van der Waals surface area (Å²) in [5, 5.41) is 3.02. The molecule has 0 spiro atoms.